The molecule has 1 aliphatic rings. The fourth-order valence-electron chi connectivity index (χ4n) is 3.39. The first-order valence-corrected chi connectivity index (χ1v) is 7.65. The Kier molecular flexibility index (Phi) is 3.81. The van der Waals surface area contributed by atoms with Gasteiger partial charge in [0.1, 0.15) is 11.3 Å². The molecule has 108 valence electrons. The van der Waals surface area contributed by atoms with Crippen molar-refractivity contribution in [2.24, 2.45) is 11.7 Å². The highest BCUT2D eigenvalue weighted by Gasteiger charge is 2.32. The van der Waals surface area contributed by atoms with Gasteiger partial charge in [-0.3, -0.25) is 4.90 Å². The molecule has 1 aromatic carbocycles. The lowest BCUT2D eigenvalue weighted by atomic mass is 9.90. The van der Waals surface area contributed by atoms with Crippen molar-refractivity contribution in [3.63, 3.8) is 0 Å². The fraction of sp³-hybridized carbons (Fsp3) is 0.529. The van der Waals surface area contributed by atoms with Gasteiger partial charge in [0.05, 0.1) is 6.04 Å². The average molecular weight is 272 g/mol. The molecule has 0 radical (unpaired) electrons. The third kappa shape index (κ3) is 2.36. The van der Waals surface area contributed by atoms with E-state index in [2.05, 4.69) is 30.9 Å². The minimum atomic E-state index is 0.195. The van der Waals surface area contributed by atoms with E-state index in [4.69, 9.17) is 10.2 Å². The van der Waals surface area contributed by atoms with Crippen LogP contribution in [-0.4, -0.2) is 24.0 Å². The van der Waals surface area contributed by atoms with Crippen LogP contribution in [0, 0.1) is 5.92 Å². The molecule has 0 spiro atoms. The first kappa shape index (κ1) is 13.7. The highest BCUT2D eigenvalue weighted by atomic mass is 16.3. The molecule has 0 bridgehead atoms. The Bertz CT molecular complexity index is 544. The highest BCUT2D eigenvalue weighted by molar-refractivity contribution is 5.77. The maximum atomic E-state index is 6.06. The van der Waals surface area contributed by atoms with Crippen LogP contribution in [-0.2, 0) is 0 Å². The number of para-hydroxylation sites is 1. The molecule has 3 unspecified atom stereocenters. The van der Waals surface area contributed by atoms with Crippen molar-refractivity contribution >= 4 is 11.0 Å². The summed E-state index contributed by atoms with van der Waals surface area (Å²) in [7, 11) is 0. The quantitative estimate of drug-likeness (QED) is 0.929. The molecule has 2 aromatic rings. The van der Waals surface area contributed by atoms with E-state index in [-0.39, 0.29) is 6.04 Å². The number of nitrogens with zero attached hydrogens (tertiary/aromatic N) is 1. The minimum absolute atomic E-state index is 0.195. The third-order valence-corrected chi connectivity index (χ3v) is 4.82. The zero-order valence-corrected chi connectivity index (χ0v) is 12.4. The van der Waals surface area contributed by atoms with Crippen LogP contribution in [0.1, 0.15) is 38.5 Å². The van der Waals surface area contributed by atoms with Crippen molar-refractivity contribution in [1.82, 2.24) is 4.90 Å². The van der Waals surface area contributed by atoms with E-state index in [1.165, 1.54) is 18.2 Å². The molecule has 1 fully saturated rings. The molecule has 2 heterocycles. The molecule has 1 aromatic heterocycles. The second kappa shape index (κ2) is 5.58. The highest BCUT2D eigenvalue weighted by Crippen LogP contribution is 2.33. The molecule has 1 saturated heterocycles. The number of piperidine rings is 1. The zero-order chi connectivity index (χ0) is 14.1. The van der Waals surface area contributed by atoms with Gasteiger partial charge in [-0.15, -0.1) is 0 Å². The Morgan fingerprint density at radius 3 is 2.90 bits per heavy atom. The lowest BCUT2D eigenvalue weighted by Crippen LogP contribution is -2.46. The normalized spacial score (nSPS) is 25.9. The Morgan fingerprint density at radius 1 is 1.35 bits per heavy atom. The van der Waals surface area contributed by atoms with Crippen molar-refractivity contribution in [2.75, 3.05) is 13.1 Å². The number of nitrogens with two attached hydrogens (primary N) is 1. The summed E-state index contributed by atoms with van der Waals surface area (Å²) in [5.41, 5.74) is 7.02. The van der Waals surface area contributed by atoms with Crippen LogP contribution in [0.25, 0.3) is 11.0 Å². The molecule has 3 heteroatoms. The van der Waals surface area contributed by atoms with E-state index >= 15 is 0 Å². The van der Waals surface area contributed by atoms with Crippen LogP contribution in [0.15, 0.2) is 34.7 Å². The molecular formula is C17H24N2O. The van der Waals surface area contributed by atoms with Gasteiger partial charge in [-0.25, -0.2) is 0 Å². The van der Waals surface area contributed by atoms with Gasteiger partial charge < -0.3 is 10.2 Å². The van der Waals surface area contributed by atoms with Crippen molar-refractivity contribution in [3.05, 3.63) is 36.1 Å². The van der Waals surface area contributed by atoms with Gasteiger partial charge in [0.15, 0.2) is 0 Å². The van der Waals surface area contributed by atoms with Crippen molar-refractivity contribution in [3.8, 4) is 0 Å². The number of benzene rings is 1. The van der Waals surface area contributed by atoms with Gasteiger partial charge in [0.2, 0.25) is 0 Å². The molecule has 1 aliphatic heterocycles. The summed E-state index contributed by atoms with van der Waals surface area (Å²) in [5.74, 6) is 1.73. The first-order valence-electron chi connectivity index (χ1n) is 7.65. The van der Waals surface area contributed by atoms with E-state index < -0.39 is 0 Å². The van der Waals surface area contributed by atoms with Crippen molar-refractivity contribution in [2.45, 2.75) is 38.8 Å². The number of furan rings is 1. The summed E-state index contributed by atoms with van der Waals surface area (Å²) in [4.78, 5) is 2.52. The first-order chi connectivity index (χ1) is 9.70. The minimum Gasteiger partial charge on any atom is -0.459 e. The smallest absolute Gasteiger partial charge is 0.134 e. The lowest BCUT2D eigenvalue weighted by molar-refractivity contribution is 0.0621. The molecule has 3 nitrogen and oxygen atoms in total. The van der Waals surface area contributed by atoms with Crippen LogP contribution in [0.2, 0.25) is 0 Å². The molecule has 0 aliphatic carbocycles. The van der Waals surface area contributed by atoms with Crippen molar-refractivity contribution in [1.29, 1.82) is 0 Å². The standard InChI is InChI=1S/C17H24N2O/c1-12-6-5-9-19(13(12)2)15(11-18)17-10-14-7-3-4-8-16(14)20-17/h3-4,7-8,10,12-13,15H,5-6,9,11,18H2,1-2H3. The molecule has 2 N–H and O–H groups in total. The maximum absolute atomic E-state index is 6.06. The fourth-order valence-corrected chi connectivity index (χ4v) is 3.39. The number of hydrogen-bond donors (Lipinski definition) is 1. The van der Waals surface area contributed by atoms with Crippen LogP contribution in [0.5, 0.6) is 0 Å². The van der Waals surface area contributed by atoms with Gasteiger partial charge in [0.25, 0.3) is 0 Å². The third-order valence-electron chi connectivity index (χ3n) is 4.82. The van der Waals surface area contributed by atoms with Gasteiger partial charge in [-0.05, 0) is 44.4 Å². The number of likely N-dealkylation sites (tertiary alicyclic amines) is 1. The number of fused-ring (bicyclic) bond motifs is 1. The monoisotopic (exact) mass is 272 g/mol. The van der Waals surface area contributed by atoms with Gasteiger partial charge in [-0.2, -0.15) is 0 Å². The molecule has 3 rings (SSSR count). The summed E-state index contributed by atoms with van der Waals surface area (Å²) in [6, 6.07) is 11.1. The second-order valence-electron chi connectivity index (χ2n) is 6.04. The van der Waals surface area contributed by atoms with E-state index in [0.717, 1.165) is 23.8 Å². The van der Waals surface area contributed by atoms with Gasteiger partial charge in [0, 0.05) is 18.0 Å². The Balaban J connectivity index is 1.92. The van der Waals surface area contributed by atoms with E-state index in [1.54, 1.807) is 0 Å². The molecule has 0 saturated carbocycles. The van der Waals surface area contributed by atoms with Crippen LogP contribution < -0.4 is 5.73 Å². The SMILES string of the molecule is CC1CCCN(C(CN)c2cc3ccccc3o2)C1C. The number of rotatable bonds is 3. The zero-order valence-electron chi connectivity index (χ0n) is 12.4. The Morgan fingerprint density at radius 2 is 2.15 bits per heavy atom. The van der Waals surface area contributed by atoms with E-state index in [9.17, 15) is 0 Å². The summed E-state index contributed by atoms with van der Waals surface area (Å²) in [5, 5.41) is 1.17. The summed E-state index contributed by atoms with van der Waals surface area (Å²) < 4.78 is 6.04. The Hall–Kier alpha value is -1.32. The van der Waals surface area contributed by atoms with Crippen LogP contribution in [0.4, 0.5) is 0 Å². The average Bonchev–Trinajstić information content (AvgIpc) is 2.87. The van der Waals surface area contributed by atoms with E-state index in [0.29, 0.717) is 12.6 Å². The molecule has 0 amide bonds. The summed E-state index contributed by atoms with van der Waals surface area (Å²) in [6.07, 6.45) is 2.57. The molecule has 20 heavy (non-hydrogen) atoms. The molecular weight excluding hydrogens is 248 g/mol. The largest absolute Gasteiger partial charge is 0.459 e. The predicted molar refractivity (Wildman–Crippen MR) is 82.6 cm³/mol. The van der Waals surface area contributed by atoms with Crippen LogP contribution >= 0.6 is 0 Å². The van der Waals surface area contributed by atoms with Gasteiger partial charge >= 0.3 is 0 Å². The molecule has 3 atom stereocenters. The van der Waals surface area contributed by atoms with Gasteiger partial charge in [-0.1, -0.05) is 25.1 Å². The van der Waals surface area contributed by atoms with Crippen LogP contribution in [0.3, 0.4) is 0 Å². The number of hydrogen-bond acceptors (Lipinski definition) is 3. The topological polar surface area (TPSA) is 42.4 Å². The second-order valence-corrected chi connectivity index (χ2v) is 6.04. The predicted octanol–water partition coefficient (Wildman–Crippen LogP) is 3.55. The maximum Gasteiger partial charge on any atom is 0.134 e. The summed E-state index contributed by atoms with van der Waals surface area (Å²) in [6.45, 7) is 6.37. The van der Waals surface area contributed by atoms with Crippen molar-refractivity contribution < 1.29 is 4.42 Å². The van der Waals surface area contributed by atoms with E-state index in [1.807, 2.05) is 18.2 Å². The Labute approximate surface area is 120 Å². The lowest BCUT2D eigenvalue weighted by Gasteiger charge is -2.41. The summed E-state index contributed by atoms with van der Waals surface area (Å²) >= 11 is 0.